The summed E-state index contributed by atoms with van der Waals surface area (Å²) >= 11 is 0. The zero-order valence-corrected chi connectivity index (χ0v) is 18.5. The van der Waals surface area contributed by atoms with Gasteiger partial charge in [0.1, 0.15) is 18.5 Å². The first-order valence-electron chi connectivity index (χ1n) is 9.97. The smallest absolute Gasteiger partial charge is 0.167 e. The van der Waals surface area contributed by atoms with E-state index in [0.717, 1.165) is 12.6 Å². The topological polar surface area (TPSA) is 105 Å². The summed E-state index contributed by atoms with van der Waals surface area (Å²) in [5, 5.41) is 24.3. The number of aliphatic hydroxyl groups excluding tert-OH is 2. The van der Waals surface area contributed by atoms with Crippen LogP contribution in [0.2, 0.25) is 0 Å². The Hall–Kier alpha value is -1.73. The lowest BCUT2D eigenvalue weighted by Crippen LogP contribution is -2.31. The van der Waals surface area contributed by atoms with Crippen molar-refractivity contribution < 1.29 is 14.9 Å². The molecule has 2 unspecified atom stereocenters. The predicted octanol–water partition coefficient (Wildman–Crippen LogP) is 2.31. The Morgan fingerprint density at radius 3 is 2.76 bits per heavy atom. The number of imidazole rings is 1. The van der Waals surface area contributed by atoms with E-state index >= 15 is 0 Å². The number of hydrogen-bond donors (Lipinski definition) is 3. The summed E-state index contributed by atoms with van der Waals surface area (Å²) in [6.45, 7) is 7.91. The van der Waals surface area contributed by atoms with Gasteiger partial charge in [0.25, 0.3) is 0 Å². The van der Waals surface area contributed by atoms with Crippen molar-refractivity contribution in [1.29, 1.82) is 0 Å². The Bertz CT molecular complexity index is 922. The molecular formula is C20H32N5O3P. The molecule has 0 spiro atoms. The maximum absolute atomic E-state index is 10.6. The second kappa shape index (κ2) is 8.96. The van der Waals surface area contributed by atoms with Gasteiger partial charge in [-0.05, 0) is 39.3 Å². The average molecular weight is 421 g/mol. The Kier molecular flexibility index (Phi) is 6.79. The molecule has 0 bridgehead atoms. The van der Waals surface area contributed by atoms with E-state index in [9.17, 15) is 10.2 Å². The third-order valence-corrected chi connectivity index (χ3v) is 6.74. The van der Waals surface area contributed by atoms with Crippen LogP contribution in [0.25, 0.3) is 11.2 Å². The van der Waals surface area contributed by atoms with Crippen LogP contribution in [0.3, 0.4) is 0 Å². The van der Waals surface area contributed by atoms with Crippen molar-refractivity contribution in [3.8, 4) is 0 Å². The van der Waals surface area contributed by atoms with Crippen LogP contribution in [-0.4, -0.2) is 80.4 Å². The molecule has 3 heterocycles. The van der Waals surface area contributed by atoms with Crippen LogP contribution in [0.4, 0.5) is 5.82 Å². The van der Waals surface area contributed by atoms with Crippen LogP contribution in [0.1, 0.15) is 32.9 Å². The van der Waals surface area contributed by atoms with Crippen molar-refractivity contribution in [3.05, 3.63) is 24.3 Å². The SMILES string of the molecule is C=P(C)(C)CCC1OC(n2cnc3c(NC/C=C(/C)CC)ncnc32)[C@H](O)[C@@H]1O. The molecule has 0 aliphatic carbocycles. The summed E-state index contributed by atoms with van der Waals surface area (Å²) in [7, 11) is 0. The van der Waals surface area contributed by atoms with Gasteiger partial charge in [0.05, 0.1) is 12.4 Å². The first-order chi connectivity index (χ1) is 13.7. The lowest BCUT2D eigenvalue weighted by Gasteiger charge is -2.18. The fraction of sp³-hybridized carbons (Fsp3) is 0.600. The van der Waals surface area contributed by atoms with Crippen LogP contribution in [-0.2, 0) is 4.74 Å². The lowest BCUT2D eigenvalue weighted by atomic mass is 10.1. The molecule has 0 saturated carbocycles. The summed E-state index contributed by atoms with van der Waals surface area (Å²) in [4.78, 5) is 13.1. The van der Waals surface area contributed by atoms with Crippen molar-refractivity contribution in [3.63, 3.8) is 0 Å². The number of allylic oxidation sites excluding steroid dienone is 1. The van der Waals surface area contributed by atoms with Gasteiger partial charge in [0.15, 0.2) is 23.2 Å². The number of ether oxygens (including phenoxy) is 1. The highest BCUT2D eigenvalue weighted by molar-refractivity contribution is 7.72. The summed E-state index contributed by atoms with van der Waals surface area (Å²) in [5.41, 5.74) is 2.46. The standard InChI is InChI=1S/C20H32N5O3P/c1-6-13(2)7-9-21-18-15-19(23-11-22-18)25(12-24-15)20-17(27)16(26)14(28-20)8-10-29(3,4)5/h7,11-12,14,16-17,20,26-27H,3,6,8-10H2,1-2,4-5H3,(H,21,22,23)/b13-7-/t14?,16-,17-,20?/m1/s1. The Morgan fingerprint density at radius 2 is 2.07 bits per heavy atom. The Labute approximate surface area is 172 Å². The molecule has 1 fully saturated rings. The molecule has 2 aromatic heterocycles. The fourth-order valence-corrected chi connectivity index (χ4v) is 4.26. The van der Waals surface area contributed by atoms with Crippen molar-refractivity contribution in [2.45, 2.75) is 51.2 Å². The number of aromatic nitrogens is 4. The van der Waals surface area contributed by atoms with Gasteiger partial charge >= 0.3 is 0 Å². The number of nitrogens with zero attached hydrogens (tertiary/aromatic N) is 4. The average Bonchev–Trinajstić information content (AvgIpc) is 3.22. The minimum atomic E-state index is -1.24. The van der Waals surface area contributed by atoms with Crippen LogP contribution in [0.5, 0.6) is 0 Å². The largest absolute Gasteiger partial charge is 0.388 e. The third-order valence-electron chi connectivity index (χ3n) is 5.27. The number of nitrogens with one attached hydrogen (secondary N) is 1. The first kappa shape index (κ1) is 22.0. The summed E-state index contributed by atoms with van der Waals surface area (Å²) < 4.78 is 7.70. The summed E-state index contributed by atoms with van der Waals surface area (Å²) in [6, 6.07) is 0. The van der Waals surface area contributed by atoms with E-state index in [0.29, 0.717) is 29.9 Å². The molecule has 2 aromatic rings. The van der Waals surface area contributed by atoms with Gasteiger partial charge in [0, 0.05) is 6.54 Å². The summed E-state index contributed by atoms with van der Waals surface area (Å²) in [6.07, 6.45) is 8.74. The normalized spacial score (nSPS) is 25.7. The van der Waals surface area contributed by atoms with Crippen LogP contribution >= 0.6 is 6.89 Å². The van der Waals surface area contributed by atoms with Gasteiger partial charge in [-0.1, -0.05) is 18.6 Å². The highest BCUT2D eigenvalue weighted by Gasteiger charge is 2.44. The lowest BCUT2D eigenvalue weighted by molar-refractivity contribution is -0.0353. The van der Waals surface area contributed by atoms with Crippen LogP contribution < -0.4 is 5.32 Å². The third kappa shape index (κ3) is 5.07. The molecule has 3 rings (SSSR count). The first-order valence-corrected chi connectivity index (χ1v) is 13.0. The molecule has 0 aromatic carbocycles. The van der Waals surface area contributed by atoms with Crippen molar-refractivity contribution in [1.82, 2.24) is 19.5 Å². The molecule has 9 heteroatoms. The zero-order chi connectivity index (χ0) is 21.2. The molecule has 1 aliphatic rings. The van der Waals surface area contributed by atoms with Crippen molar-refractivity contribution in [2.24, 2.45) is 0 Å². The second-order valence-electron chi connectivity index (χ2n) is 8.33. The van der Waals surface area contributed by atoms with Gasteiger partial charge in [0.2, 0.25) is 0 Å². The van der Waals surface area contributed by atoms with Gasteiger partial charge in [-0.15, -0.1) is 13.2 Å². The van der Waals surface area contributed by atoms with Crippen molar-refractivity contribution in [2.75, 3.05) is 31.4 Å². The molecular weight excluding hydrogens is 389 g/mol. The molecule has 8 nitrogen and oxygen atoms in total. The molecule has 0 amide bonds. The summed E-state index contributed by atoms with van der Waals surface area (Å²) in [5.74, 6) is 0.627. The highest BCUT2D eigenvalue weighted by atomic mass is 31.2. The van der Waals surface area contributed by atoms with E-state index in [2.05, 4.69) is 59.8 Å². The molecule has 1 saturated heterocycles. The highest BCUT2D eigenvalue weighted by Crippen LogP contribution is 2.40. The van der Waals surface area contributed by atoms with E-state index in [-0.39, 0.29) is 0 Å². The second-order valence-corrected chi connectivity index (χ2v) is 12.6. The van der Waals surface area contributed by atoms with Crippen LogP contribution in [0.15, 0.2) is 24.3 Å². The maximum atomic E-state index is 10.6. The number of aliphatic hydroxyl groups is 2. The number of hydrogen-bond acceptors (Lipinski definition) is 7. The molecule has 0 radical (unpaired) electrons. The Balaban J connectivity index is 1.80. The van der Waals surface area contributed by atoms with E-state index in [1.165, 1.54) is 11.9 Å². The molecule has 29 heavy (non-hydrogen) atoms. The van der Waals surface area contributed by atoms with E-state index in [1.54, 1.807) is 10.9 Å². The molecule has 160 valence electrons. The Morgan fingerprint density at radius 1 is 1.31 bits per heavy atom. The maximum Gasteiger partial charge on any atom is 0.167 e. The number of rotatable bonds is 8. The van der Waals surface area contributed by atoms with E-state index in [1.807, 2.05) is 0 Å². The number of fused-ring (bicyclic) bond motifs is 1. The monoisotopic (exact) mass is 421 g/mol. The van der Waals surface area contributed by atoms with Gasteiger partial charge in [-0.3, -0.25) is 4.57 Å². The zero-order valence-electron chi connectivity index (χ0n) is 17.6. The molecule has 4 atom stereocenters. The predicted molar refractivity (Wildman–Crippen MR) is 119 cm³/mol. The quantitative estimate of drug-likeness (QED) is 0.444. The fourth-order valence-electron chi connectivity index (χ4n) is 3.31. The minimum absolute atomic E-state index is 0.435. The van der Waals surface area contributed by atoms with Crippen LogP contribution in [0, 0.1) is 0 Å². The van der Waals surface area contributed by atoms with Gasteiger partial charge < -0.3 is 20.3 Å². The number of anilines is 1. The molecule has 3 N–H and O–H groups in total. The minimum Gasteiger partial charge on any atom is -0.388 e. The van der Waals surface area contributed by atoms with Crippen molar-refractivity contribution >= 4 is 30.2 Å². The molecule has 1 aliphatic heterocycles. The van der Waals surface area contributed by atoms with Gasteiger partial charge in [-0.25, -0.2) is 15.0 Å². The van der Waals surface area contributed by atoms with Gasteiger partial charge in [-0.2, -0.15) is 0 Å². The van der Waals surface area contributed by atoms with E-state index in [4.69, 9.17) is 4.74 Å². The van der Waals surface area contributed by atoms with E-state index < -0.39 is 31.4 Å².